The van der Waals surface area contributed by atoms with Crippen LogP contribution in [0.2, 0.25) is 0 Å². The molecule has 0 bridgehead atoms. The normalized spacial score (nSPS) is 22.2. The van der Waals surface area contributed by atoms with E-state index in [1.807, 2.05) is 17.0 Å². The third kappa shape index (κ3) is 5.01. The summed E-state index contributed by atoms with van der Waals surface area (Å²) in [5, 5.41) is 0. The number of likely N-dealkylation sites (tertiary alicyclic amines) is 1. The maximum atomic E-state index is 13.0. The van der Waals surface area contributed by atoms with Gasteiger partial charge in [0.25, 0.3) is 0 Å². The predicted molar refractivity (Wildman–Crippen MR) is 115 cm³/mol. The van der Waals surface area contributed by atoms with Gasteiger partial charge in [-0.1, -0.05) is 39.8 Å². The fourth-order valence-corrected chi connectivity index (χ4v) is 5.55. The number of rotatable bonds is 7. The van der Waals surface area contributed by atoms with Crippen molar-refractivity contribution in [1.29, 1.82) is 0 Å². The van der Waals surface area contributed by atoms with E-state index in [-0.39, 0.29) is 11.9 Å². The fraction of sp³-hybridized carbons (Fsp3) is 0.682. The van der Waals surface area contributed by atoms with E-state index in [0.717, 1.165) is 31.5 Å². The van der Waals surface area contributed by atoms with Gasteiger partial charge in [0.15, 0.2) is 0 Å². The van der Waals surface area contributed by atoms with E-state index in [9.17, 15) is 13.2 Å². The van der Waals surface area contributed by atoms with E-state index in [4.69, 9.17) is 0 Å². The summed E-state index contributed by atoms with van der Waals surface area (Å²) in [5.74, 6) is 1.18. The molecule has 3 rings (SSSR count). The van der Waals surface area contributed by atoms with Gasteiger partial charge in [0.05, 0.1) is 10.9 Å². The molecule has 0 radical (unpaired) electrons. The summed E-state index contributed by atoms with van der Waals surface area (Å²) in [5.41, 5.74) is 1.13. The molecule has 6 nitrogen and oxygen atoms in total. The van der Waals surface area contributed by atoms with Crippen molar-refractivity contribution < 1.29 is 13.2 Å². The highest BCUT2D eigenvalue weighted by Crippen LogP contribution is 2.24. The van der Waals surface area contributed by atoms with Gasteiger partial charge in [-0.05, 0) is 42.4 Å². The Balaban J connectivity index is 1.58. The monoisotopic (exact) mass is 421 g/mol. The zero-order valence-corrected chi connectivity index (χ0v) is 19.0. The molecule has 2 fully saturated rings. The number of benzene rings is 1. The van der Waals surface area contributed by atoms with E-state index in [0.29, 0.717) is 42.9 Å². The first-order valence-electron chi connectivity index (χ1n) is 10.8. The summed E-state index contributed by atoms with van der Waals surface area (Å²) < 4.78 is 27.5. The lowest BCUT2D eigenvalue weighted by atomic mass is 10.0. The van der Waals surface area contributed by atoms with Crippen molar-refractivity contribution in [2.75, 3.05) is 39.3 Å². The van der Waals surface area contributed by atoms with Crippen molar-refractivity contribution in [3.63, 3.8) is 0 Å². The molecular weight excluding hydrogens is 386 g/mol. The van der Waals surface area contributed by atoms with Crippen LogP contribution in [0.4, 0.5) is 0 Å². The van der Waals surface area contributed by atoms with Gasteiger partial charge in [-0.3, -0.25) is 9.69 Å². The molecule has 29 heavy (non-hydrogen) atoms. The molecule has 1 aromatic carbocycles. The third-order valence-electron chi connectivity index (χ3n) is 6.14. The highest BCUT2D eigenvalue weighted by Gasteiger charge is 2.38. The minimum Gasteiger partial charge on any atom is -0.341 e. The Bertz CT molecular complexity index is 797. The molecule has 0 saturated carbocycles. The van der Waals surface area contributed by atoms with Gasteiger partial charge in [-0.2, -0.15) is 4.31 Å². The molecule has 162 valence electrons. The molecule has 0 aliphatic carbocycles. The molecule has 1 atom stereocenters. The summed E-state index contributed by atoms with van der Waals surface area (Å²) in [6, 6.07) is 7.14. The quantitative estimate of drug-likeness (QED) is 0.679. The number of hydrogen-bond acceptors (Lipinski definition) is 4. The second-order valence-corrected chi connectivity index (χ2v) is 10.9. The highest BCUT2D eigenvalue weighted by molar-refractivity contribution is 7.89. The molecular formula is C22H35N3O3S. The van der Waals surface area contributed by atoms with Crippen LogP contribution < -0.4 is 0 Å². The van der Waals surface area contributed by atoms with Gasteiger partial charge < -0.3 is 4.90 Å². The first-order valence-corrected chi connectivity index (χ1v) is 12.3. The number of piperazine rings is 1. The number of hydrogen-bond donors (Lipinski definition) is 0. The van der Waals surface area contributed by atoms with Crippen LogP contribution in [-0.4, -0.2) is 73.7 Å². The lowest BCUT2D eigenvalue weighted by Crippen LogP contribution is -2.53. The minimum absolute atomic E-state index is 0.0858. The SMILES string of the molecule is CC(C)CCN1CCC(N2CCN(S(=O)(=O)c3ccc(C(C)C)cc3)CC2)C1=O. The van der Waals surface area contributed by atoms with Crippen LogP contribution in [0.1, 0.15) is 52.0 Å². The number of carbonyl (C=O) groups excluding carboxylic acids is 1. The Labute approximate surface area is 175 Å². The fourth-order valence-electron chi connectivity index (χ4n) is 4.13. The minimum atomic E-state index is -3.48. The zero-order chi connectivity index (χ0) is 21.2. The zero-order valence-electron chi connectivity index (χ0n) is 18.2. The van der Waals surface area contributed by atoms with Crippen LogP contribution in [0.5, 0.6) is 0 Å². The van der Waals surface area contributed by atoms with E-state index >= 15 is 0 Å². The van der Waals surface area contributed by atoms with Crippen molar-refractivity contribution in [2.45, 2.75) is 57.4 Å². The molecule has 2 aliphatic heterocycles. The Morgan fingerprint density at radius 1 is 0.966 bits per heavy atom. The standard InChI is InChI=1S/C22H35N3O3S/c1-17(2)9-11-24-12-10-21(22(24)26)23-13-15-25(16-14-23)29(27,28)20-7-5-19(6-8-20)18(3)4/h5-8,17-18,21H,9-16H2,1-4H3. The molecule has 0 aromatic heterocycles. The lowest BCUT2D eigenvalue weighted by Gasteiger charge is -2.36. The highest BCUT2D eigenvalue weighted by atomic mass is 32.2. The van der Waals surface area contributed by atoms with Gasteiger partial charge in [-0.25, -0.2) is 8.42 Å². The van der Waals surface area contributed by atoms with Crippen LogP contribution in [0.25, 0.3) is 0 Å². The first kappa shape index (κ1) is 22.2. The maximum Gasteiger partial charge on any atom is 0.243 e. The smallest absolute Gasteiger partial charge is 0.243 e. The molecule has 1 unspecified atom stereocenters. The molecule has 7 heteroatoms. The van der Waals surface area contributed by atoms with Gasteiger partial charge in [0.1, 0.15) is 0 Å². The largest absolute Gasteiger partial charge is 0.341 e. The van der Waals surface area contributed by atoms with E-state index < -0.39 is 10.0 Å². The van der Waals surface area contributed by atoms with Crippen molar-refractivity contribution in [1.82, 2.24) is 14.1 Å². The van der Waals surface area contributed by atoms with Crippen molar-refractivity contribution in [3.8, 4) is 0 Å². The number of nitrogens with zero attached hydrogens (tertiary/aromatic N) is 3. The second kappa shape index (κ2) is 9.14. The molecule has 2 saturated heterocycles. The topological polar surface area (TPSA) is 60.9 Å². The van der Waals surface area contributed by atoms with Gasteiger partial charge in [0.2, 0.25) is 15.9 Å². The molecule has 0 spiro atoms. The Kier molecular flexibility index (Phi) is 7.02. The van der Waals surface area contributed by atoms with E-state index in [2.05, 4.69) is 32.6 Å². The number of sulfonamides is 1. The molecule has 2 heterocycles. The maximum absolute atomic E-state index is 13.0. The van der Waals surface area contributed by atoms with Gasteiger partial charge >= 0.3 is 0 Å². The average Bonchev–Trinajstić information content (AvgIpc) is 3.07. The van der Waals surface area contributed by atoms with Crippen molar-refractivity contribution in [2.24, 2.45) is 5.92 Å². The van der Waals surface area contributed by atoms with Crippen LogP contribution in [0.3, 0.4) is 0 Å². The summed E-state index contributed by atoms with van der Waals surface area (Å²) in [6.45, 7) is 12.3. The first-order chi connectivity index (χ1) is 13.7. The van der Waals surface area contributed by atoms with Gasteiger partial charge in [-0.15, -0.1) is 0 Å². The summed E-state index contributed by atoms with van der Waals surface area (Å²) in [4.78, 5) is 17.3. The second-order valence-electron chi connectivity index (χ2n) is 8.98. The Morgan fingerprint density at radius 2 is 1.59 bits per heavy atom. The van der Waals surface area contributed by atoms with Crippen LogP contribution in [0, 0.1) is 5.92 Å². The van der Waals surface area contributed by atoms with Crippen LogP contribution in [0.15, 0.2) is 29.2 Å². The van der Waals surface area contributed by atoms with E-state index in [1.54, 1.807) is 16.4 Å². The van der Waals surface area contributed by atoms with Crippen molar-refractivity contribution >= 4 is 15.9 Å². The summed E-state index contributed by atoms with van der Waals surface area (Å²) >= 11 is 0. The Hall–Kier alpha value is -1.44. The molecule has 1 aromatic rings. The third-order valence-corrected chi connectivity index (χ3v) is 8.06. The molecule has 0 N–H and O–H groups in total. The number of amides is 1. The summed E-state index contributed by atoms with van der Waals surface area (Å²) in [7, 11) is -3.48. The summed E-state index contributed by atoms with van der Waals surface area (Å²) in [6.07, 6.45) is 1.88. The van der Waals surface area contributed by atoms with Crippen LogP contribution in [-0.2, 0) is 14.8 Å². The molecule has 2 aliphatic rings. The van der Waals surface area contributed by atoms with Crippen molar-refractivity contribution in [3.05, 3.63) is 29.8 Å². The average molecular weight is 422 g/mol. The van der Waals surface area contributed by atoms with E-state index in [1.165, 1.54) is 0 Å². The lowest BCUT2D eigenvalue weighted by molar-refractivity contribution is -0.132. The Morgan fingerprint density at radius 3 is 2.14 bits per heavy atom. The van der Waals surface area contributed by atoms with Gasteiger partial charge in [0, 0.05) is 39.3 Å². The number of carbonyl (C=O) groups is 1. The van der Waals surface area contributed by atoms with Crippen LogP contribution >= 0.6 is 0 Å². The molecule has 1 amide bonds. The predicted octanol–water partition coefficient (Wildman–Crippen LogP) is 2.76.